The number of imide groups is 1. The molecule has 1 atom stereocenters. The van der Waals surface area contributed by atoms with Crippen LogP contribution in [0.15, 0.2) is 18.2 Å². The molecule has 8 heteroatoms. The van der Waals surface area contributed by atoms with Crippen molar-refractivity contribution in [2.45, 2.75) is 13.0 Å². The van der Waals surface area contributed by atoms with Crippen molar-refractivity contribution < 1.29 is 18.7 Å². The Balaban J connectivity index is 1.52. The Hall–Kier alpha value is -2.35. The van der Waals surface area contributed by atoms with E-state index in [0.29, 0.717) is 18.8 Å². The van der Waals surface area contributed by atoms with Gasteiger partial charge in [0.1, 0.15) is 17.6 Å². The van der Waals surface area contributed by atoms with Gasteiger partial charge in [-0.25, -0.2) is 9.18 Å². The Morgan fingerprint density at radius 3 is 2.52 bits per heavy atom. The van der Waals surface area contributed by atoms with E-state index in [1.165, 1.54) is 24.1 Å². The molecular weight excluding hydrogens is 327 g/mol. The van der Waals surface area contributed by atoms with Crippen LogP contribution in [0.1, 0.15) is 6.92 Å². The van der Waals surface area contributed by atoms with Crippen LogP contribution in [0.4, 0.5) is 14.9 Å². The van der Waals surface area contributed by atoms with Crippen LogP contribution in [0.3, 0.4) is 0 Å². The second kappa shape index (κ2) is 7.26. The monoisotopic (exact) mass is 350 g/mol. The third-order valence-corrected chi connectivity index (χ3v) is 4.72. The summed E-state index contributed by atoms with van der Waals surface area (Å²) in [7, 11) is 1.54. The van der Waals surface area contributed by atoms with Crippen molar-refractivity contribution in [3.8, 4) is 5.75 Å². The standard InChI is InChI=1S/C17H23FN4O3/c1-12-16(23)22(17(24)19-12)10-7-20-5-8-21(9-6-20)14-4-3-13(18)11-15(14)25-2/h3-4,11-12H,5-10H2,1-2H3,(H,19,24). The maximum atomic E-state index is 13.3. The van der Waals surface area contributed by atoms with Gasteiger partial charge in [-0.2, -0.15) is 0 Å². The van der Waals surface area contributed by atoms with Gasteiger partial charge in [0.25, 0.3) is 5.91 Å². The summed E-state index contributed by atoms with van der Waals surface area (Å²) in [6.45, 7) is 5.90. The number of benzene rings is 1. The highest BCUT2D eigenvalue weighted by Crippen LogP contribution is 2.29. The summed E-state index contributed by atoms with van der Waals surface area (Å²) in [5, 5.41) is 2.62. The van der Waals surface area contributed by atoms with Crippen molar-refractivity contribution in [3.05, 3.63) is 24.0 Å². The predicted molar refractivity (Wildman–Crippen MR) is 91.3 cm³/mol. The minimum absolute atomic E-state index is 0.167. The van der Waals surface area contributed by atoms with Crippen molar-refractivity contribution >= 4 is 17.6 Å². The lowest BCUT2D eigenvalue weighted by Gasteiger charge is -2.37. The van der Waals surface area contributed by atoms with Gasteiger partial charge in [0.15, 0.2) is 0 Å². The van der Waals surface area contributed by atoms with Crippen LogP contribution in [-0.4, -0.2) is 74.2 Å². The average Bonchev–Trinajstić information content (AvgIpc) is 2.85. The van der Waals surface area contributed by atoms with Gasteiger partial charge in [0.2, 0.25) is 0 Å². The normalized spacial score (nSPS) is 21.6. The fourth-order valence-electron chi connectivity index (χ4n) is 3.24. The summed E-state index contributed by atoms with van der Waals surface area (Å²) in [4.78, 5) is 29.3. The summed E-state index contributed by atoms with van der Waals surface area (Å²) in [6, 6.07) is 3.81. The largest absolute Gasteiger partial charge is 0.494 e. The summed E-state index contributed by atoms with van der Waals surface area (Å²) < 4.78 is 18.6. The van der Waals surface area contributed by atoms with Crippen LogP contribution in [-0.2, 0) is 4.79 Å². The van der Waals surface area contributed by atoms with Crippen molar-refractivity contribution in [1.29, 1.82) is 0 Å². The molecule has 0 bridgehead atoms. The fourth-order valence-corrected chi connectivity index (χ4v) is 3.24. The third-order valence-electron chi connectivity index (χ3n) is 4.72. The topological polar surface area (TPSA) is 65.1 Å². The number of nitrogens with one attached hydrogen (secondary N) is 1. The van der Waals surface area contributed by atoms with E-state index in [9.17, 15) is 14.0 Å². The molecule has 1 unspecified atom stereocenters. The maximum Gasteiger partial charge on any atom is 0.324 e. The molecule has 0 aliphatic carbocycles. The number of halogens is 1. The second-order valence-electron chi connectivity index (χ2n) is 6.31. The van der Waals surface area contributed by atoms with E-state index in [1.807, 2.05) is 0 Å². The molecule has 7 nitrogen and oxygen atoms in total. The first kappa shape index (κ1) is 17.5. The number of hydrogen-bond acceptors (Lipinski definition) is 5. The van der Waals surface area contributed by atoms with Gasteiger partial charge in [-0.15, -0.1) is 0 Å². The Morgan fingerprint density at radius 2 is 1.92 bits per heavy atom. The smallest absolute Gasteiger partial charge is 0.324 e. The minimum atomic E-state index is -0.435. The molecule has 2 heterocycles. The molecule has 2 aliphatic rings. The van der Waals surface area contributed by atoms with Crippen LogP contribution >= 0.6 is 0 Å². The molecule has 0 radical (unpaired) electrons. The number of urea groups is 1. The molecule has 0 saturated carbocycles. The lowest BCUT2D eigenvalue weighted by Crippen LogP contribution is -2.49. The van der Waals surface area contributed by atoms with E-state index in [-0.39, 0.29) is 17.8 Å². The van der Waals surface area contributed by atoms with Crippen molar-refractivity contribution in [3.63, 3.8) is 0 Å². The summed E-state index contributed by atoms with van der Waals surface area (Å²) >= 11 is 0. The Morgan fingerprint density at radius 1 is 1.20 bits per heavy atom. The lowest BCUT2D eigenvalue weighted by molar-refractivity contribution is -0.127. The minimum Gasteiger partial charge on any atom is -0.494 e. The van der Waals surface area contributed by atoms with Gasteiger partial charge in [0.05, 0.1) is 12.8 Å². The van der Waals surface area contributed by atoms with E-state index in [2.05, 4.69) is 15.1 Å². The Kier molecular flexibility index (Phi) is 5.08. The van der Waals surface area contributed by atoms with Crippen LogP contribution in [0.5, 0.6) is 5.75 Å². The number of hydrogen-bond donors (Lipinski definition) is 1. The summed E-state index contributed by atoms with van der Waals surface area (Å²) in [5.74, 6) is 0.0449. The molecule has 2 saturated heterocycles. The van der Waals surface area contributed by atoms with E-state index in [1.54, 1.807) is 13.0 Å². The molecule has 0 aromatic heterocycles. The molecule has 1 N–H and O–H groups in total. The van der Waals surface area contributed by atoms with E-state index in [4.69, 9.17) is 4.74 Å². The fraction of sp³-hybridized carbons (Fsp3) is 0.529. The highest BCUT2D eigenvalue weighted by atomic mass is 19.1. The Labute approximate surface area is 146 Å². The lowest BCUT2D eigenvalue weighted by atomic mass is 10.2. The number of carbonyl (C=O) groups is 2. The van der Waals surface area contributed by atoms with E-state index in [0.717, 1.165) is 31.9 Å². The van der Waals surface area contributed by atoms with Gasteiger partial charge in [-0.3, -0.25) is 14.6 Å². The number of methoxy groups -OCH3 is 1. The molecule has 1 aromatic rings. The first-order chi connectivity index (χ1) is 12.0. The highest BCUT2D eigenvalue weighted by Gasteiger charge is 2.35. The number of piperazine rings is 1. The van der Waals surface area contributed by atoms with Gasteiger partial charge in [0, 0.05) is 45.3 Å². The summed E-state index contributed by atoms with van der Waals surface area (Å²) in [5.41, 5.74) is 0.881. The van der Waals surface area contributed by atoms with E-state index >= 15 is 0 Å². The van der Waals surface area contributed by atoms with Crippen LogP contribution in [0, 0.1) is 5.82 Å². The highest BCUT2D eigenvalue weighted by molar-refractivity contribution is 6.03. The SMILES string of the molecule is COc1cc(F)ccc1N1CCN(CCN2C(=O)NC(C)C2=O)CC1. The zero-order valence-corrected chi connectivity index (χ0v) is 14.5. The van der Waals surface area contributed by atoms with E-state index < -0.39 is 6.04 Å². The van der Waals surface area contributed by atoms with Gasteiger partial charge in [-0.05, 0) is 19.1 Å². The van der Waals surface area contributed by atoms with Gasteiger partial charge in [-0.1, -0.05) is 0 Å². The zero-order chi connectivity index (χ0) is 18.0. The molecule has 2 fully saturated rings. The quantitative estimate of drug-likeness (QED) is 0.800. The number of nitrogens with zero attached hydrogens (tertiary/aromatic N) is 3. The average molecular weight is 350 g/mol. The first-order valence-corrected chi connectivity index (χ1v) is 8.42. The third kappa shape index (κ3) is 3.68. The predicted octanol–water partition coefficient (Wildman–Crippen LogP) is 0.897. The molecule has 0 spiro atoms. The first-order valence-electron chi connectivity index (χ1n) is 8.42. The van der Waals surface area contributed by atoms with Gasteiger partial charge < -0.3 is 15.0 Å². The van der Waals surface area contributed by atoms with Crippen LogP contribution < -0.4 is 15.0 Å². The molecular formula is C17H23FN4O3. The summed E-state index contributed by atoms with van der Waals surface area (Å²) in [6.07, 6.45) is 0. The Bertz CT molecular complexity index is 661. The molecule has 1 aromatic carbocycles. The number of rotatable bonds is 5. The number of amides is 3. The molecule has 25 heavy (non-hydrogen) atoms. The van der Waals surface area contributed by atoms with Crippen molar-refractivity contribution in [2.24, 2.45) is 0 Å². The van der Waals surface area contributed by atoms with Gasteiger partial charge >= 0.3 is 6.03 Å². The molecule has 2 aliphatic heterocycles. The maximum absolute atomic E-state index is 13.3. The number of carbonyl (C=O) groups excluding carboxylic acids is 2. The molecule has 136 valence electrons. The van der Waals surface area contributed by atoms with Crippen molar-refractivity contribution in [1.82, 2.24) is 15.1 Å². The zero-order valence-electron chi connectivity index (χ0n) is 14.5. The number of ether oxygens (including phenoxy) is 1. The van der Waals surface area contributed by atoms with Crippen LogP contribution in [0.2, 0.25) is 0 Å². The van der Waals surface area contributed by atoms with Crippen LogP contribution in [0.25, 0.3) is 0 Å². The van der Waals surface area contributed by atoms with Crippen molar-refractivity contribution in [2.75, 3.05) is 51.3 Å². The number of anilines is 1. The second-order valence-corrected chi connectivity index (χ2v) is 6.31. The molecule has 3 rings (SSSR count). The molecule has 3 amide bonds.